The molecule has 11 heavy (non-hydrogen) atoms. The van der Waals surface area contributed by atoms with Gasteiger partial charge in [-0.1, -0.05) is 0 Å². The molecule has 5 heteroatoms. The van der Waals surface area contributed by atoms with Gasteiger partial charge in [0.1, 0.15) is 0 Å². The molecule has 0 heterocycles. The van der Waals surface area contributed by atoms with Crippen molar-refractivity contribution in [2.24, 2.45) is 0 Å². The number of rotatable bonds is 6. The van der Waals surface area contributed by atoms with Gasteiger partial charge in [-0.25, -0.2) is 0 Å². The summed E-state index contributed by atoms with van der Waals surface area (Å²) >= 11 is 0. The van der Waals surface area contributed by atoms with E-state index in [2.05, 4.69) is 0 Å². The molecule has 0 aromatic rings. The van der Waals surface area contributed by atoms with Crippen molar-refractivity contribution in [3.63, 3.8) is 0 Å². The SMILES string of the molecule is CCON(OCC)OCC.O. The van der Waals surface area contributed by atoms with Crippen LogP contribution >= 0.6 is 0 Å². The Morgan fingerprint density at radius 2 is 1.09 bits per heavy atom. The molecule has 0 fully saturated rings. The van der Waals surface area contributed by atoms with E-state index >= 15 is 0 Å². The van der Waals surface area contributed by atoms with E-state index in [-0.39, 0.29) is 5.48 Å². The van der Waals surface area contributed by atoms with Crippen LogP contribution in [0.2, 0.25) is 0 Å². The van der Waals surface area contributed by atoms with Crippen LogP contribution in [0, 0.1) is 0 Å². The predicted molar refractivity (Wildman–Crippen MR) is 40.3 cm³/mol. The van der Waals surface area contributed by atoms with Crippen LogP contribution in [-0.2, 0) is 14.5 Å². The van der Waals surface area contributed by atoms with Crippen molar-refractivity contribution in [2.45, 2.75) is 20.8 Å². The molecule has 5 nitrogen and oxygen atoms in total. The molecule has 0 amide bonds. The maximum atomic E-state index is 4.91. The van der Waals surface area contributed by atoms with Crippen LogP contribution in [0.1, 0.15) is 20.8 Å². The average molecular weight is 167 g/mol. The highest BCUT2D eigenvalue weighted by molar-refractivity contribution is 4.04. The first-order valence-electron chi connectivity index (χ1n) is 3.54. The molecule has 0 aliphatic heterocycles. The third-order valence-electron chi connectivity index (χ3n) is 0.704. The van der Waals surface area contributed by atoms with Crippen molar-refractivity contribution < 1.29 is 20.0 Å². The van der Waals surface area contributed by atoms with Gasteiger partial charge < -0.3 is 5.48 Å². The van der Waals surface area contributed by atoms with Gasteiger partial charge in [-0.05, 0) is 20.8 Å². The van der Waals surface area contributed by atoms with Crippen molar-refractivity contribution >= 4 is 0 Å². The van der Waals surface area contributed by atoms with Crippen LogP contribution in [0.5, 0.6) is 0 Å². The number of nitrogens with zero attached hydrogens (tertiary/aromatic N) is 1. The normalized spacial score (nSPS) is 9.82. The summed E-state index contributed by atoms with van der Waals surface area (Å²) in [4.78, 5) is 14.7. The van der Waals surface area contributed by atoms with Gasteiger partial charge in [0.2, 0.25) is 0 Å². The van der Waals surface area contributed by atoms with Crippen molar-refractivity contribution in [1.82, 2.24) is 5.39 Å². The molecule has 0 unspecified atom stereocenters. The van der Waals surface area contributed by atoms with Crippen molar-refractivity contribution in [3.8, 4) is 0 Å². The van der Waals surface area contributed by atoms with Gasteiger partial charge in [0.05, 0.1) is 25.2 Å². The lowest BCUT2D eigenvalue weighted by molar-refractivity contribution is -0.523. The third-order valence-corrected chi connectivity index (χ3v) is 0.704. The first-order chi connectivity index (χ1) is 4.85. The largest absolute Gasteiger partial charge is 0.412 e. The van der Waals surface area contributed by atoms with E-state index < -0.39 is 0 Å². The lowest BCUT2D eigenvalue weighted by atomic mass is 10.9. The van der Waals surface area contributed by atoms with Crippen molar-refractivity contribution in [3.05, 3.63) is 0 Å². The number of hydrogen-bond donors (Lipinski definition) is 0. The fourth-order valence-electron chi connectivity index (χ4n) is 0.428. The van der Waals surface area contributed by atoms with E-state index in [1.807, 2.05) is 20.8 Å². The summed E-state index contributed by atoms with van der Waals surface area (Å²) in [5.74, 6) is 0. The lowest BCUT2D eigenvalue weighted by Crippen LogP contribution is -2.24. The highest BCUT2D eigenvalue weighted by Gasteiger charge is 2.01. The Labute approximate surface area is 67.0 Å². The Morgan fingerprint density at radius 3 is 1.27 bits per heavy atom. The molecule has 0 bridgehead atoms. The summed E-state index contributed by atoms with van der Waals surface area (Å²) in [6.45, 7) is 7.22. The Kier molecular flexibility index (Phi) is 11.9. The molecule has 0 aromatic carbocycles. The van der Waals surface area contributed by atoms with E-state index in [4.69, 9.17) is 14.5 Å². The van der Waals surface area contributed by atoms with Crippen molar-refractivity contribution in [1.29, 1.82) is 0 Å². The van der Waals surface area contributed by atoms with Gasteiger partial charge in [0.25, 0.3) is 0 Å². The van der Waals surface area contributed by atoms with E-state index in [1.54, 1.807) is 0 Å². The Morgan fingerprint density at radius 1 is 0.818 bits per heavy atom. The van der Waals surface area contributed by atoms with Crippen LogP contribution < -0.4 is 0 Å². The average Bonchev–Trinajstić information content (AvgIpc) is 1.90. The molecule has 0 aromatic heterocycles. The second-order valence-electron chi connectivity index (χ2n) is 1.48. The Balaban J connectivity index is 0. The minimum Gasteiger partial charge on any atom is -0.412 e. The fourth-order valence-corrected chi connectivity index (χ4v) is 0.428. The zero-order chi connectivity index (χ0) is 7.82. The molecule has 0 rings (SSSR count). The molecule has 0 spiro atoms. The highest BCUT2D eigenvalue weighted by Crippen LogP contribution is 1.92. The van der Waals surface area contributed by atoms with Crippen LogP contribution in [0.25, 0.3) is 0 Å². The third kappa shape index (κ3) is 7.70. The molecule has 0 aliphatic carbocycles. The van der Waals surface area contributed by atoms with Crippen LogP contribution in [0.4, 0.5) is 0 Å². The van der Waals surface area contributed by atoms with Gasteiger partial charge >= 0.3 is 0 Å². The van der Waals surface area contributed by atoms with E-state index in [0.29, 0.717) is 19.8 Å². The molecule has 0 radical (unpaired) electrons. The second kappa shape index (κ2) is 9.80. The van der Waals surface area contributed by atoms with E-state index in [9.17, 15) is 0 Å². The highest BCUT2D eigenvalue weighted by atomic mass is 17.2. The zero-order valence-electron chi connectivity index (χ0n) is 7.29. The van der Waals surface area contributed by atoms with E-state index in [0.717, 1.165) is 5.39 Å². The molecule has 0 atom stereocenters. The van der Waals surface area contributed by atoms with Crippen molar-refractivity contribution in [2.75, 3.05) is 19.8 Å². The lowest BCUT2D eigenvalue weighted by Gasteiger charge is -2.16. The second-order valence-corrected chi connectivity index (χ2v) is 1.48. The molecular formula is C6H17NO4. The molecule has 70 valence electrons. The zero-order valence-corrected chi connectivity index (χ0v) is 7.29. The van der Waals surface area contributed by atoms with Crippen LogP contribution in [0.15, 0.2) is 0 Å². The maximum absolute atomic E-state index is 4.91. The van der Waals surface area contributed by atoms with Gasteiger partial charge in [-0.15, -0.1) is 0 Å². The summed E-state index contributed by atoms with van der Waals surface area (Å²) in [7, 11) is 0. The topological polar surface area (TPSA) is 62.4 Å². The summed E-state index contributed by atoms with van der Waals surface area (Å²) in [5, 5.41) is 1.04. The molecule has 0 saturated heterocycles. The molecular weight excluding hydrogens is 150 g/mol. The quantitative estimate of drug-likeness (QED) is 0.534. The standard InChI is InChI=1S/C6H15NO3.H2O/c1-4-8-7(9-5-2)10-6-3;/h4-6H2,1-3H3;1H2. The molecule has 2 N–H and O–H groups in total. The fraction of sp³-hybridized carbons (Fsp3) is 1.00. The molecule has 0 aliphatic rings. The summed E-state index contributed by atoms with van der Waals surface area (Å²) in [6, 6.07) is 0. The van der Waals surface area contributed by atoms with Crippen LogP contribution in [0.3, 0.4) is 0 Å². The monoisotopic (exact) mass is 167 g/mol. The van der Waals surface area contributed by atoms with Gasteiger partial charge in [0.15, 0.2) is 0 Å². The van der Waals surface area contributed by atoms with E-state index in [1.165, 1.54) is 0 Å². The summed E-state index contributed by atoms with van der Waals surface area (Å²) in [6.07, 6.45) is 0. The van der Waals surface area contributed by atoms with Gasteiger partial charge in [-0.2, -0.15) is 0 Å². The first-order valence-corrected chi connectivity index (χ1v) is 3.54. The molecule has 0 saturated carbocycles. The minimum absolute atomic E-state index is 0. The Hall–Kier alpha value is -0.200. The predicted octanol–water partition coefficient (Wildman–Crippen LogP) is 0.318. The number of hydrogen-bond acceptors (Lipinski definition) is 4. The minimum atomic E-state index is 0. The van der Waals surface area contributed by atoms with Gasteiger partial charge in [-0.3, -0.25) is 14.5 Å². The summed E-state index contributed by atoms with van der Waals surface area (Å²) in [5.41, 5.74) is 0. The maximum Gasteiger partial charge on any atom is 0.0766 e. The first kappa shape index (κ1) is 13.4. The van der Waals surface area contributed by atoms with Crippen LogP contribution in [-0.4, -0.2) is 30.7 Å². The Bertz CT molecular complexity index is 57.3. The van der Waals surface area contributed by atoms with Gasteiger partial charge in [0, 0.05) is 0 Å². The summed E-state index contributed by atoms with van der Waals surface area (Å²) < 4.78 is 0. The smallest absolute Gasteiger partial charge is 0.0766 e.